The topological polar surface area (TPSA) is 36.3 Å². The van der Waals surface area contributed by atoms with Gasteiger partial charge in [0.15, 0.2) is 0 Å². The maximum absolute atomic E-state index is 5.87. The summed E-state index contributed by atoms with van der Waals surface area (Å²) in [4.78, 5) is 4.87. The average molecular weight is 372 g/mol. The minimum atomic E-state index is 0.681. The van der Waals surface area contributed by atoms with Crippen LogP contribution in [0.25, 0.3) is 22.4 Å². The van der Waals surface area contributed by atoms with Gasteiger partial charge in [-0.15, -0.1) is 0 Å². The zero-order chi connectivity index (χ0) is 19.2. The number of rotatable bonds is 8. The number of hydrogen-bond acceptors (Lipinski definition) is 3. The first kappa shape index (κ1) is 18.1. The summed E-state index contributed by atoms with van der Waals surface area (Å²) in [5, 5.41) is 0. The lowest BCUT2D eigenvalue weighted by Crippen LogP contribution is -2.04. The number of benzene rings is 3. The number of nitrogens with zero attached hydrogens (tertiary/aromatic N) is 2. The normalized spacial score (nSPS) is 10.9. The Bertz CT molecular complexity index is 1040. The van der Waals surface area contributed by atoms with E-state index in [9.17, 15) is 0 Å². The van der Waals surface area contributed by atoms with Gasteiger partial charge in [-0.3, -0.25) is 0 Å². The SMILES string of the molecule is COc1cccc(OCCCCn2c(-c3ccccc3)nc3ccccc32)c1. The van der Waals surface area contributed by atoms with Crippen molar-refractivity contribution in [3.63, 3.8) is 0 Å². The van der Waals surface area contributed by atoms with Crippen molar-refractivity contribution in [2.24, 2.45) is 0 Å². The Labute approximate surface area is 165 Å². The molecule has 3 aromatic carbocycles. The van der Waals surface area contributed by atoms with E-state index in [4.69, 9.17) is 14.5 Å². The lowest BCUT2D eigenvalue weighted by molar-refractivity contribution is 0.301. The number of fused-ring (bicyclic) bond motifs is 1. The highest BCUT2D eigenvalue weighted by molar-refractivity contribution is 5.80. The molecule has 4 nitrogen and oxygen atoms in total. The molecule has 0 aliphatic carbocycles. The summed E-state index contributed by atoms with van der Waals surface area (Å²) in [5.74, 6) is 2.68. The summed E-state index contributed by atoms with van der Waals surface area (Å²) in [6.07, 6.45) is 1.99. The molecule has 28 heavy (non-hydrogen) atoms. The lowest BCUT2D eigenvalue weighted by atomic mass is 10.2. The molecule has 4 rings (SSSR count). The number of aromatic nitrogens is 2. The Hall–Kier alpha value is -3.27. The predicted octanol–water partition coefficient (Wildman–Crippen LogP) is 5.57. The molecule has 0 atom stereocenters. The van der Waals surface area contributed by atoms with E-state index in [1.165, 1.54) is 5.52 Å². The third-order valence-electron chi connectivity index (χ3n) is 4.77. The molecule has 0 saturated carbocycles. The molecular weight excluding hydrogens is 348 g/mol. The van der Waals surface area contributed by atoms with Gasteiger partial charge in [0.05, 0.1) is 24.8 Å². The van der Waals surface area contributed by atoms with Crippen molar-refractivity contribution in [1.82, 2.24) is 9.55 Å². The maximum atomic E-state index is 5.87. The van der Waals surface area contributed by atoms with Crippen LogP contribution >= 0.6 is 0 Å². The molecule has 0 N–H and O–H groups in total. The van der Waals surface area contributed by atoms with Crippen molar-refractivity contribution in [3.8, 4) is 22.9 Å². The third-order valence-corrected chi connectivity index (χ3v) is 4.77. The first-order valence-electron chi connectivity index (χ1n) is 9.63. The molecule has 4 aromatic rings. The van der Waals surface area contributed by atoms with Gasteiger partial charge in [0.25, 0.3) is 0 Å². The molecule has 142 valence electrons. The van der Waals surface area contributed by atoms with Crippen LogP contribution in [0.5, 0.6) is 11.5 Å². The number of aryl methyl sites for hydroxylation is 1. The smallest absolute Gasteiger partial charge is 0.141 e. The highest BCUT2D eigenvalue weighted by Gasteiger charge is 2.11. The highest BCUT2D eigenvalue weighted by atomic mass is 16.5. The number of methoxy groups -OCH3 is 1. The Morgan fingerprint density at radius 1 is 0.821 bits per heavy atom. The monoisotopic (exact) mass is 372 g/mol. The van der Waals surface area contributed by atoms with Gasteiger partial charge in [-0.2, -0.15) is 0 Å². The molecule has 0 radical (unpaired) electrons. The predicted molar refractivity (Wildman–Crippen MR) is 113 cm³/mol. The molecule has 1 aromatic heterocycles. The van der Waals surface area contributed by atoms with Crippen molar-refractivity contribution in [3.05, 3.63) is 78.9 Å². The van der Waals surface area contributed by atoms with Gasteiger partial charge in [-0.05, 0) is 37.1 Å². The van der Waals surface area contributed by atoms with E-state index >= 15 is 0 Å². The van der Waals surface area contributed by atoms with Crippen molar-refractivity contribution in [2.45, 2.75) is 19.4 Å². The average Bonchev–Trinajstić information content (AvgIpc) is 3.13. The summed E-state index contributed by atoms with van der Waals surface area (Å²) < 4.78 is 13.4. The molecule has 0 spiro atoms. The van der Waals surface area contributed by atoms with E-state index in [1.807, 2.05) is 36.4 Å². The minimum Gasteiger partial charge on any atom is -0.497 e. The van der Waals surface area contributed by atoms with E-state index in [0.29, 0.717) is 6.61 Å². The van der Waals surface area contributed by atoms with Crippen LogP contribution in [0.15, 0.2) is 78.9 Å². The molecule has 0 bridgehead atoms. The summed E-state index contributed by atoms with van der Waals surface area (Å²) >= 11 is 0. The largest absolute Gasteiger partial charge is 0.497 e. The highest BCUT2D eigenvalue weighted by Crippen LogP contribution is 2.25. The van der Waals surface area contributed by atoms with Crippen LogP contribution in [0.2, 0.25) is 0 Å². The molecular formula is C24H24N2O2. The van der Waals surface area contributed by atoms with Crippen molar-refractivity contribution < 1.29 is 9.47 Å². The van der Waals surface area contributed by atoms with Gasteiger partial charge in [0, 0.05) is 18.2 Å². The van der Waals surface area contributed by atoms with Crippen molar-refractivity contribution >= 4 is 11.0 Å². The van der Waals surface area contributed by atoms with Gasteiger partial charge >= 0.3 is 0 Å². The second kappa shape index (κ2) is 8.61. The van der Waals surface area contributed by atoms with Crippen molar-refractivity contribution in [2.75, 3.05) is 13.7 Å². The Kier molecular flexibility index (Phi) is 5.57. The van der Waals surface area contributed by atoms with E-state index in [2.05, 4.69) is 47.0 Å². The number of para-hydroxylation sites is 2. The van der Waals surface area contributed by atoms with Crippen LogP contribution in [0.3, 0.4) is 0 Å². The van der Waals surface area contributed by atoms with E-state index in [-0.39, 0.29) is 0 Å². The first-order valence-corrected chi connectivity index (χ1v) is 9.63. The summed E-state index contributed by atoms with van der Waals surface area (Å²) in [6.45, 7) is 1.59. The Morgan fingerprint density at radius 3 is 2.46 bits per heavy atom. The molecule has 0 unspecified atom stereocenters. The van der Waals surface area contributed by atoms with Gasteiger partial charge < -0.3 is 14.0 Å². The van der Waals surface area contributed by atoms with Crippen LogP contribution < -0.4 is 9.47 Å². The zero-order valence-corrected chi connectivity index (χ0v) is 16.0. The number of hydrogen-bond donors (Lipinski definition) is 0. The second-order valence-corrected chi connectivity index (χ2v) is 6.68. The lowest BCUT2D eigenvalue weighted by Gasteiger charge is -2.11. The second-order valence-electron chi connectivity index (χ2n) is 6.68. The van der Waals surface area contributed by atoms with Crippen LogP contribution in [0.1, 0.15) is 12.8 Å². The Morgan fingerprint density at radius 2 is 1.61 bits per heavy atom. The molecule has 0 amide bonds. The summed E-state index contributed by atoms with van der Waals surface area (Å²) in [7, 11) is 1.67. The molecule has 0 aliphatic heterocycles. The summed E-state index contributed by atoms with van der Waals surface area (Å²) in [6, 6.07) is 26.4. The molecule has 0 aliphatic rings. The zero-order valence-electron chi connectivity index (χ0n) is 16.0. The number of imidazole rings is 1. The van der Waals surface area contributed by atoms with Crippen LogP contribution in [-0.2, 0) is 6.54 Å². The molecule has 4 heteroatoms. The standard InChI is InChI=1S/C24H24N2O2/c1-27-20-12-9-13-21(18-20)28-17-8-7-16-26-23-15-6-5-14-22(23)25-24(26)19-10-3-2-4-11-19/h2-6,9-15,18H,7-8,16-17H2,1H3. The van der Waals surface area contributed by atoms with E-state index < -0.39 is 0 Å². The maximum Gasteiger partial charge on any atom is 0.141 e. The van der Waals surface area contributed by atoms with Crippen molar-refractivity contribution in [1.29, 1.82) is 0 Å². The van der Waals surface area contributed by atoms with Gasteiger partial charge in [-0.25, -0.2) is 4.98 Å². The molecule has 1 heterocycles. The number of ether oxygens (including phenoxy) is 2. The fraction of sp³-hybridized carbons (Fsp3) is 0.208. The molecule has 0 saturated heterocycles. The quantitative estimate of drug-likeness (QED) is 0.379. The fourth-order valence-corrected chi connectivity index (χ4v) is 3.36. The first-order chi connectivity index (χ1) is 13.8. The third kappa shape index (κ3) is 4.01. The van der Waals surface area contributed by atoms with Gasteiger partial charge in [0.2, 0.25) is 0 Å². The van der Waals surface area contributed by atoms with E-state index in [0.717, 1.165) is 47.8 Å². The fourth-order valence-electron chi connectivity index (χ4n) is 3.36. The molecule has 0 fully saturated rings. The van der Waals surface area contributed by atoms with E-state index in [1.54, 1.807) is 7.11 Å². The van der Waals surface area contributed by atoms with Crippen LogP contribution in [-0.4, -0.2) is 23.3 Å². The summed E-state index contributed by atoms with van der Waals surface area (Å²) in [5.41, 5.74) is 3.36. The van der Waals surface area contributed by atoms with Gasteiger partial charge in [-0.1, -0.05) is 48.5 Å². The Balaban J connectivity index is 1.43. The van der Waals surface area contributed by atoms with Crippen LogP contribution in [0, 0.1) is 0 Å². The van der Waals surface area contributed by atoms with Gasteiger partial charge in [0.1, 0.15) is 17.3 Å². The van der Waals surface area contributed by atoms with Crippen LogP contribution in [0.4, 0.5) is 0 Å². The minimum absolute atomic E-state index is 0.681. The number of unbranched alkanes of at least 4 members (excludes halogenated alkanes) is 1.